The number of thioether (sulfide) groups is 1. The van der Waals surface area contributed by atoms with Gasteiger partial charge in [-0.25, -0.2) is 4.98 Å². The minimum absolute atomic E-state index is 0.0934. The van der Waals surface area contributed by atoms with E-state index in [1.54, 1.807) is 27.1 Å². The Kier molecular flexibility index (Phi) is 5.17. The van der Waals surface area contributed by atoms with Crippen LogP contribution in [0.3, 0.4) is 0 Å². The molecule has 0 saturated carbocycles. The van der Waals surface area contributed by atoms with E-state index in [9.17, 15) is 4.79 Å². The molecular weight excluding hydrogens is 314 g/mol. The van der Waals surface area contributed by atoms with E-state index in [1.165, 1.54) is 16.7 Å². The lowest BCUT2D eigenvalue weighted by Gasteiger charge is -2.28. The quantitative estimate of drug-likeness (QED) is 0.798. The monoisotopic (exact) mass is 327 g/mol. The van der Waals surface area contributed by atoms with Crippen molar-refractivity contribution in [2.75, 3.05) is 12.8 Å². The summed E-state index contributed by atoms with van der Waals surface area (Å²) in [6.07, 6.45) is 1.68. The normalized spacial score (nSPS) is 10.8. The van der Waals surface area contributed by atoms with Crippen molar-refractivity contribution < 1.29 is 4.79 Å². The predicted molar refractivity (Wildman–Crippen MR) is 75.1 cm³/mol. The summed E-state index contributed by atoms with van der Waals surface area (Å²) >= 11 is 4.73. The number of aromatic nitrogens is 1. The van der Waals surface area contributed by atoms with Crippen LogP contribution in [0.2, 0.25) is 0 Å². The molecule has 1 aromatic rings. The number of halogens is 1. The van der Waals surface area contributed by atoms with Crippen LogP contribution in [0.1, 0.15) is 13.8 Å². The molecule has 0 saturated heterocycles. The summed E-state index contributed by atoms with van der Waals surface area (Å²) in [5, 5.41) is 9.74. The lowest BCUT2D eigenvalue weighted by molar-refractivity contribution is -0.130. The maximum absolute atomic E-state index is 11.9. The summed E-state index contributed by atoms with van der Waals surface area (Å²) in [5.74, 6) is 0.168. The molecule has 0 unspecified atom stereocenters. The van der Waals surface area contributed by atoms with Crippen LogP contribution in [0.5, 0.6) is 0 Å². The summed E-state index contributed by atoms with van der Waals surface area (Å²) in [4.78, 5) is 17.6. The van der Waals surface area contributed by atoms with Crippen LogP contribution in [-0.4, -0.2) is 34.1 Å². The number of carbonyl (C=O) groups is 1. The molecule has 1 heterocycles. The van der Waals surface area contributed by atoms with Gasteiger partial charge in [-0.2, -0.15) is 5.26 Å². The second kappa shape index (κ2) is 6.21. The van der Waals surface area contributed by atoms with Crippen LogP contribution in [0, 0.1) is 11.3 Å². The number of rotatable bonds is 4. The van der Waals surface area contributed by atoms with Crippen molar-refractivity contribution in [1.29, 1.82) is 5.26 Å². The predicted octanol–water partition coefficient (Wildman–Crippen LogP) is 2.70. The van der Waals surface area contributed by atoms with E-state index in [0.717, 1.165) is 9.50 Å². The first-order chi connectivity index (χ1) is 8.38. The van der Waals surface area contributed by atoms with Gasteiger partial charge >= 0.3 is 0 Å². The lowest BCUT2D eigenvalue weighted by atomic mass is 10.1. The number of carbonyl (C=O) groups excluding carboxylic acids is 1. The van der Waals surface area contributed by atoms with E-state index in [-0.39, 0.29) is 11.7 Å². The van der Waals surface area contributed by atoms with Crippen molar-refractivity contribution >= 4 is 33.6 Å². The fourth-order valence-corrected chi connectivity index (χ4v) is 2.48. The van der Waals surface area contributed by atoms with Crippen LogP contribution < -0.4 is 0 Å². The van der Waals surface area contributed by atoms with Gasteiger partial charge in [-0.3, -0.25) is 4.79 Å². The van der Waals surface area contributed by atoms with Crippen LogP contribution in [0.15, 0.2) is 27.8 Å². The van der Waals surface area contributed by atoms with Gasteiger partial charge in [0.15, 0.2) is 0 Å². The molecule has 0 N–H and O–H groups in total. The minimum atomic E-state index is -0.793. The van der Waals surface area contributed by atoms with Crippen molar-refractivity contribution in [3.8, 4) is 6.07 Å². The Morgan fingerprint density at radius 3 is 2.89 bits per heavy atom. The van der Waals surface area contributed by atoms with Crippen molar-refractivity contribution in [1.82, 2.24) is 9.88 Å². The van der Waals surface area contributed by atoms with Crippen LogP contribution in [0.4, 0.5) is 0 Å². The van der Waals surface area contributed by atoms with Crippen LogP contribution >= 0.6 is 27.7 Å². The first-order valence-electron chi connectivity index (χ1n) is 5.29. The first kappa shape index (κ1) is 15.0. The number of nitriles is 1. The smallest absolute Gasteiger partial charge is 0.233 e. The fraction of sp³-hybridized carbons (Fsp3) is 0.417. The van der Waals surface area contributed by atoms with E-state index < -0.39 is 5.54 Å². The molecule has 96 valence electrons. The molecule has 0 atom stereocenters. The summed E-state index contributed by atoms with van der Waals surface area (Å²) < 4.78 is 0.866. The molecule has 1 amide bonds. The molecule has 0 fully saturated rings. The Balaban J connectivity index is 2.63. The SMILES string of the molecule is CN(C(=O)CSc1ncccc1Br)C(C)(C)C#N. The van der Waals surface area contributed by atoms with Crippen molar-refractivity contribution in [3.63, 3.8) is 0 Å². The van der Waals surface area contributed by atoms with Gasteiger partial charge in [-0.1, -0.05) is 11.8 Å². The largest absolute Gasteiger partial charge is 0.327 e. The van der Waals surface area contributed by atoms with Gasteiger partial charge in [-0.15, -0.1) is 0 Å². The van der Waals surface area contributed by atoms with Gasteiger partial charge in [0.2, 0.25) is 5.91 Å². The van der Waals surface area contributed by atoms with Gasteiger partial charge in [0, 0.05) is 17.7 Å². The van der Waals surface area contributed by atoms with Crippen molar-refractivity contribution in [3.05, 3.63) is 22.8 Å². The first-order valence-corrected chi connectivity index (χ1v) is 7.07. The Morgan fingerprint density at radius 2 is 2.33 bits per heavy atom. The van der Waals surface area contributed by atoms with Gasteiger partial charge in [0.25, 0.3) is 0 Å². The standard InChI is InChI=1S/C12H14BrN3OS/c1-12(2,8-14)16(3)10(17)7-18-11-9(13)5-4-6-15-11/h4-6H,7H2,1-3H3. The Bertz CT molecular complexity index is 484. The summed E-state index contributed by atoms with van der Waals surface area (Å²) in [5.41, 5.74) is -0.793. The van der Waals surface area contributed by atoms with Gasteiger partial charge in [-0.05, 0) is 41.9 Å². The third-order valence-corrected chi connectivity index (χ3v) is 4.44. The summed E-state index contributed by atoms with van der Waals surface area (Å²) in [6, 6.07) is 5.80. The van der Waals surface area contributed by atoms with Gasteiger partial charge < -0.3 is 4.90 Å². The van der Waals surface area contributed by atoms with E-state index in [0.29, 0.717) is 0 Å². The number of nitrogens with zero attached hydrogens (tertiary/aromatic N) is 3. The van der Waals surface area contributed by atoms with E-state index in [1.807, 2.05) is 12.1 Å². The zero-order valence-electron chi connectivity index (χ0n) is 10.5. The fourth-order valence-electron chi connectivity index (χ4n) is 1.09. The maximum atomic E-state index is 11.9. The lowest BCUT2D eigenvalue weighted by Crippen LogP contribution is -2.44. The number of hydrogen-bond donors (Lipinski definition) is 0. The second-order valence-corrected chi connectivity index (χ2v) is 6.02. The highest BCUT2D eigenvalue weighted by Crippen LogP contribution is 2.25. The van der Waals surface area contributed by atoms with E-state index in [4.69, 9.17) is 5.26 Å². The molecule has 0 spiro atoms. The number of amides is 1. The van der Waals surface area contributed by atoms with E-state index in [2.05, 4.69) is 27.0 Å². The van der Waals surface area contributed by atoms with Crippen LogP contribution in [0.25, 0.3) is 0 Å². The highest BCUT2D eigenvalue weighted by molar-refractivity contribution is 9.10. The minimum Gasteiger partial charge on any atom is -0.327 e. The highest BCUT2D eigenvalue weighted by Gasteiger charge is 2.27. The molecule has 0 aliphatic heterocycles. The molecule has 1 aromatic heterocycles. The molecule has 0 bridgehead atoms. The average molecular weight is 328 g/mol. The Hall–Kier alpha value is -1.06. The number of hydrogen-bond acceptors (Lipinski definition) is 4. The molecule has 1 rings (SSSR count). The summed E-state index contributed by atoms with van der Waals surface area (Å²) in [6.45, 7) is 3.43. The third-order valence-electron chi connectivity index (χ3n) is 2.54. The van der Waals surface area contributed by atoms with Gasteiger partial charge in [0.05, 0.1) is 11.8 Å². The molecule has 6 heteroatoms. The average Bonchev–Trinajstić information content (AvgIpc) is 2.36. The Labute approximate surface area is 120 Å². The maximum Gasteiger partial charge on any atom is 0.233 e. The molecule has 0 aliphatic carbocycles. The van der Waals surface area contributed by atoms with Crippen LogP contribution in [-0.2, 0) is 4.79 Å². The zero-order valence-corrected chi connectivity index (χ0v) is 12.9. The van der Waals surface area contributed by atoms with E-state index >= 15 is 0 Å². The second-order valence-electron chi connectivity index (χ2n) is 4.20. The molecule has 0 aliphatic rings. The zero-order chi connectivity index (χ0) is 13.8. The van der Waals surface area contributed by atoms with Crippen molar-refractivity contribution in [2.45, 2.75) is 24.4 Å². The number of pyridine rings is 1. The molecule has 0 aromatic carbocycles. The third kappa shape index (κ3) is 3.72. The van der Waals surface area contributed by atoms with Gasteiger partial charge in [0.1, 0.15) is 10.6 Å². The molecular formula is C12H14BrN3OS. The topological polar surface area (TPSA) is 57.0 Å². The molecule has 0 radical (unpaired) electrons. The summed E-state index contributed by atoms with van der Waals surface area (Å²) in [7, 11) is 1.64. The van der Waals surface area contributed by atoms with Crippen molar-refractivity contribution in [2.24, 2.45) is 0 Å². The molecule has 18 heavy (non-hydrogen) atoms. The Morgan fingerprint density at radius 1 is 1.67 bits per heavy atom. The highest BCUT2D eigenvalue weighted by atomic mass is 79.9. The molecule has 4 nitrogen and oxygen atoms in total.